The molecule has 1 aliphatic rings. The first kappa shape index (κ1) is 16.9. The van der Waals surface area contributed by atoms with Gasteiger partial charge in [-0.25, -0.2) is 8.78 Å². The SMILES string of the molecule is O=C(Nc1cc(Br)ccc1N1CCOCC1)c1cc(F)ccc1F. The third-order valence-electron chi connectivity index (χ3n) is 3.73. The van der Waals surface area contributed by atoms with Crippen molar-refractivity contribution in [3.63, 3.8) is 0 Å². The average Bonchev–Trinajstić information content (AvgIpc) is 2.58. The summed E-state index contributed by atoms with van der Waals surface area (Å²) in [5, 5.41) is 2.67. The van der Waals surface area contributed by atoms with Crippen LogP contribution in [0, 0.1) is 11.6 Å². The van der Waals surface area contributed by atoms with Gasteiger partial charge >= 0.3 is 0 Å². The molecule has 0 aromatic heterocycles. The molecule has 0 saturated carbocycles. The van der Waals surface area contributed by atoms with E-state index in [4.69, 9.17) is 4.74 Å². The van der Waals surface area contributed by atoms with Crippen molar-refractivity contribution in [3.8, 4) is 0 Å². The van der Waals surface area contributed by atoms with Gasteiger partial charge in [-0.1, -0.05) is 15.9 Å². The molecule has 0 bridgehead atoms. The van der Waals surface area contributed by atoms with E-state index in [1.807, 2.05) is 12.1 Å². The summed E-state index contributed by atoms with van der Waals surface area (Å²) in [7, 11) is 0. The highest BCUT2D eigenvalue weighted by atomic mass is 79.9. The molecule has 0 aliphatic carbocycles. The number of hydrogen-bond acceptors (Lipinski definition) is 3. The summed E-state index contributed by atoms with van der Waals surface area (Å²) >= 11 is 3.36. The Morgan fingerprint density at radius 2 is 1.88 bits per heavy atom. The zero-order valence-electron chi connectivity index (χ0n) is 12.7. The molecule has 126 valence electrons. The van der Waals surface area contributed by atoms with Crippen LogP contribution in [0.15, 0.2) is 40.9 Å². The van der Waals surface area contributed by atoms with Gasteiger partial charge in [0, 0.05) is 17.6 Å². The van der Waals surface area contributed by atoms with E-state index < -0.39 is 17.5 Å². The second kappa shape index (κ2) is 7.27. The number of rotatable bonds is 3. The number of ether oxygens (including phenoxy) is 1. The average molecular weight is 397 g/mol. The topological polar surface area (TPSA) is 41.6 Å². The fraction of sp³-hybridized carbons (Fsp3) is 0.235. The van der Waals surface area contributed by atoms with Crippen molar-refractivity contribution in [1.82, 2.24) is 0 Å². The predicted molar refractivity (Wildman–Crippen MR) is 91.5 cm³/mol. The molecule has 24 heavy (non-hydrogen) atoms. The van der Waals surface area contributed by atoms with Gasteiger partial charge in [0.15, 0.2) is 0 Å². The monoisotopic (exact) mass is 396 g/mol. The second-order valence-corrected chi connectivity index (χ2v) is 6.25. The van der Waals surface area contributed by atoms with E-state index in [-0.39, 0.29) is 5.56 Å². The zero-order valence-corrected chi connectivity index (χ0v) is 14.3. The molecule has 0 atom stereocenters. The van der Waals surface area contributed by atoms with Crippen molar-refractivity contribution < 1.29 is 18.3 Å². The van der Waals surface area contributed by atoms with E-state index in [9.17, 15) is 13.6 Å². The van der Waals surface area contributed by atoms with E-state index in [2.05, 4.69) is 26.1 Å². The van der Waals surface area contributed by atoms with Crippen molar-refractivity contribution in [2.75, 3.05) is 36.5 Å². The lowest BCUT2D eigenvalue weighted by Gasteiger charge is -2.30. The van der Waals surface area contributed by atoms with Crippen molar-refractivity contribution in [2.45, 2.75) is 0 Å². The van der Waals surface area contributed by atoms with E-state index in [0.29, 0.717) is 32.0 Å². The van der Waals surface area contributed by atoms with Crippen LogP contribution in [0.4, 0.5) is 20.2 Å². The molecule has 2 aromatic carbocycles. The Kier molecular flexibility index (Phi) is 5.11. The van der Waals surface area contributed by atoms with E-state index >= 15 is 0 Å². The van der Waals surface area contributed by atoms with Gasteiger partial charge in [-0.15, -0.1) is 0 Å². The molecular formula is C17H15BrF2N2O2. The molecule has 4 nitrogen and oxygen atoms in total. The molecule has 3 rings (SSSR count). The number of anilines is 2. The lowest BCUT2D eigenvalue weighted by Crippen LogP contribution is -2.36. The molecule has 1 fully saturated rings. The highest BCUT2D eigenvalue weighted by Crippen LogP contribution is 2.30. The highest BCUT2D eigenvalue weighted by Gasteiger charge is 2.19. The fourth-order valence-corrected chi connectivity index (χ4v) is 2.91. The van der Waals surface area contributed by atoms with Crippen molar-refractivity contribution >= 4 is 33.2 Å². The number of nitrogens with zero attached hydrogens (tertiary/aromatic N) is 1. The van der Waals surface area contributed by atoms with Crippen molar-refractivity contribution in [1.29, 1.82) is 0 Å². The molecular weight excluding hydrogens is 382 g/mol. The fourth-order valence-electron chi connectivity index (χ4n) is 2.55. The Labute approximate surface area is 146 Å². The normalized spacial score (nSPS) is 14.5. The third-order valence-corrected chi connectivity index (χ3v) is 4.22. The van der Waals surface area contributed by atoms with Gasteiger partial charge in [0.1, 0.15) is 11.6 Å². The lowest BCUT2D eigenvalue weighted by atomic mass is 10.1. The highest BCUT2D eigenvalue weighted by molar-refractivity contribution is 9.10. The Balaban J connectivity index is 1.89. The predicted octanol–water partition coefficient (Wildman–Crippen LogP) is 3.82. The molecule has 0 unspecified atom stereocenters. The summed E-state index contributed by atoms with van der Waals surface area (Å²) in [6.07, 6.45) is 0. The summed E-state index contributed by atoms with van der Waals surface area (Å²) in [4.78, 5) is 14.4. The maximum Gasteiger partial charge on any atom is 0.258 e. The van der Waals surface area contributed by atoms with Gasteiger partial charge in [0.05, 0.1) is 30.2 Å². The van der Waals surface area contributed by atoms with Crippen LogP contribution >= 0.6 is 15.9 Å². The Morgan fingerprint density at radius 3 is 2.62 bits per heavy atom. The summed E-state index contributed by atoms with van der Waals surface area (Å²) in [6.45, 7) is 2.58. The molecule has 1 saturated heterocycles. The van der Waals surface area contributed by atoms with Crippen LogP contribution in [0.25, 0.3) is 0 Å². The van der Waals surface area contributed by atoms with Gasteiger partial charge in [0.2, 0.25) is 0 Å². The number of benzene rings is 2. The summed E-state index contributed by atoms with van der Waals surface area (Å²) in [6, 6.07) is 8.27. The number of carbonyl (C=O) groups excluding carboxylic acids is 1. The molecule has 2 aromatic rings. The molecule has 1 heterocycles. The number of hydrogen-bond donors (Lipinski definition) is 1. The number of nitrogens with one attached hydrogen (secondary N) is 1. The largest absolute Gasteiger partial charge is 0.378 e. The lowest BCUT2D eigenvalue weighted by molar-refractivity contribution is 0.102. The van der Waals surface area contributed by atoms with Crippen LogP contribution in [0.3, 0.4) is 0 Å². The minimum Gasteiger partial charge on any atom is -0.378 e. The standard InChI is InChI=1S/C17H15BrF2N2O2/c18-11-1-4-16(22-5-7-24-8-6-22)15(9-11)21-17(23)13-10-12(19)2-3-14(13)20/h1-4,9-10H,5-8H2,(H,21,23). The van der Waals surface area contributed by atoms with Gasteiger partial charge < -0.3 is 15.0 Å². The second-order valence-electron chi connectivity index (χ2n) is 5.34. The van der Waals surface area contributed by atoms with Crippen LogP contribution in [0.2, 0.25) is 0 Å². The first-order chi connectivity index (χ1) is 11.5. The van der Waals surface area contributed by atoms with Crippen LogP contribution < -0.4 is 10.2 Å². The molecule has 1 amide bonds. The van der Waals surface area contributed by atoms with Crippen molar-refractivity contribution in [3.05, 3.63) is 58.1 Å². The summed E-state index contributed by atoms with van der Waals surface area (Å²) in [5.41, 5.74) is 1.01. The minimum atomic E-state index is -0.767. The van der Waals surface area contributed by atoms with Gasteiger partial charge in [-0.3, -0.25) is 4.79 Å². The molecule has 7 heteroatoms. The minimum absolute atomic E-state index is 0.331. The summed E-state index contributed by atoms with van der Waals surface area (Å²) < 4.78 is 33.2. The van der Waals surface area contributed by atoms with Gasteiger partial charge in [-0.2, -0.15) is 0 Å². The Bertz CT molecular complexity index is 764. The number of morpholine rings is 1. The van der Waals surface area contributed by atoms with Crippen molar-refractivity contribution in [2.24, 2.45) is 0 Å². The molecule has 0 spiro atoms. The Hall–Kier alpha value is -1.99. The molecule has 0 radical (unpaired) electrons. The third kappa shape index (κ3) is 3.73. The summed E-state index contributed by atoms with van der Waals surface area (Å²) in [5.74, 6) is -2.12. The van der Waals surface area contributed by atoms with Gasteiger partial charge in [-0.05, 0) is 36.4 Å². The maximum absolute atomic E-state index is 13.8. The van der Waals surface area contributed by atoms with Crippen LogP contribution in [0.5, 0.6) is 0 Å². The quantitative estimate of drug-likeness (QED) is 0.857. The first-order valence-electron chi connectivity index (χ1n) is 7.43. The van der Waals surface area contributed by atoms with E-state index in [1.54, 1.807) is 6.07 Å². The molecule has 1 aliphatic heterocycles. The zero-order chi connectivity index (χ0) is 17.1. The van der Waals surface area contributed by atoms with Crippen LogP contribution in [-0.2, 0) is 4.74 Å². The first-order valence-corrected chi connectivity index (χ1v) is 8.22. The number of amides is 1. The van der Waals surface area contributed by atoms with E-state index in [1.165, 1.54) is 0 Å². The smallest absolute Gasteiger partial charge is 0.258 e. The number of halogens is 3. The maximum atomic E-state index is 13.8. The van der Waals surface area contributed by atoms with E-state index in [0.717, 1.165) is 28.4 Å². The van der Waals surface area contributed by atoms with Crippen LogP contribution in [0.1, 0.15) is 10.4 Å². The number of carbonyl (C=O) groups is 1. The molecule has 1 N–H and O–H groups in total. The Morgan fingerprint density at radius 1 is 1.12 bits per heavy atom. The van der Waals surface area contributed by atoms with Gasteiger partial charge in [0.25, 0.3) is 5.91 Å². The van der Waals surface area contributed by atoms with Crippen LogP contribution in [-0.4, -0.2) is 32.2 Å².